The van der Waals surface area contributed by atoms with Crippen molar-refractivity contribution in [1.82, 2.24) is 20.7 Å². The lowest BCUT2D eigenvalue weighted by Gasteiger charge is -2.34. The first kappa shape index (κ1) is 19.3. The molecule has 0 spiro atoms. The molecule has 1 fully saturated rings. The summed E-state index contributed by atoms with van der Waals surface area (Å²) in [5.74, 6) is -0.463. The van der Waals surface area contributed by atoms with E-state index in [0.717, 1.165) is 5.69 Å². The second kappa shape index (κ2) is 8.49. The van der Waals surface area contributed by atoms with Gasteiger partial charge in [-0.15, -0.1) is 0 Å². The zero-order valence-electron chi connectivity index (χ0n) is 14.8. The van der Waals surface area contributed by atoms with E-state index in [4.69, 9.17) is 16.1 Å². The second-order valence-electron chi connectivity index (χ2n) is 6.44. The minimum atomic E-state index is -0.631. The van der Waals surface area contributed by atoms with Crippen LogP contribution in [0.3, 0.4) is 0 Å². The Kier molecular flexibility index (Phi) is 6.08. The Morgan fingerprint density at radius 3 is 3.00 bits per heavy atom. The van der Waals surface area contributed by atoms with Crippen LogP contribution in [-0.4, -0.2) is 41.0 Å². The summed E-state index contributed by atoms with van der Waals surface area (Å²) >= 11 is 5.71. The summed E-state index contributed by atoms with van der Waals surface area (Å²) in [6.07, 6.45) is -0.00494. The maximum Gasteiger partial charge on any atom is 0.237 e. The predicted molar refractivity (Wildman–Crippen MR) is 96.3 cm³/mol. The molecule has 27 heavy (non-hydrogen) atoms. The zero-order chi connectivity index (χ0) is 19.4. The standard InChI is InChI=1S/C18H20ClFN4O3/c1-11-6-13(27-23-11)9-22-17(25)8-16-18(26)21-4-5-24(16)10-12-2-3-14(19)15(20)7-12/h2-3,6-7,16H,4-5,8-10H2,1H3,(H,21,26)(H,22,25)/t16-/m1/s1. The topological polar surface area (TPSA) is 87.5 Å². The molecule has 1 atom stereocenters. The molecule has 1 aromatic carbocycles. The molecule has 144 valence electrons. The molecule has 0 aliphatic carbocycles. The first-order chi connectivity index (χ1) is 12.9. The molecule has 1 aromatic heterocycles. The van der Waals surface area contributed by atoms with Gasteiger partial charge in [-0.05, 0) is 24.6 Å². The third-order valence-electron chi connectivity index (χ3n) is 4.33. The fraction of sp³-hybridized carbons (Fsp3) is 0.389. The lowest BCUT2D eigenvalue weighted by atomic mass is 10.1. The number of aromatic nitrogens is 1. The van der Waals surface area contributed by atoms with E-state index >= 15 is 0 Å². The van der Waals surface area contributed by atoms with Gasteiger partial charge in [0.15, 0.2) is 5.76 Å². The highest BCUT2D eigenvalue weighted by Gasteiger charge is 2.31. The third-order valence-corrected chi connectivity index (χ3v) is 4.63. The van der Waals surface area contributed by atoms with Gasteiger partial charge in [-0.2, -0.15) is 0 Å². The highest BCUT2D eigenvalue weighted by molar-refractivity contribution is 6.30. The Hall–Kier alpha value is -2.45. The average Bonchev–Trinajstić information content (AvgIpc) is 3.05. The number of amides is 2. The van der Waals surface area contributed by atoms with Gasteiger partial charge in [0.05, 0.1) is 29.7 Å². The van der Waals surface area contributed by atoms with Gasteiger partial charge in [0.1, 0.15) is 5.82 Å². The molecule has 1 saturated heterocycles. The summed E-state index contributed by atoms with van der Waals surface area (Å²) in [5.41, 5.74) is 1.42. The van der Waals surface area contributed by atoms with Crippen LogP contribution in [0.25, 0.3) is 0 Å². The summed E-state index contributed by atoms with van der Waals surface area (Å²) in [5, 5.41) is 9.30. The fourth-order valence-corrected chi connectivity index (χ4v) is 3.10. The predicted octanol–water partition coefficient (Wildman–Crippen LogP) is 1.78. The van der Waals surface area contributed by atoms with E-state index < -0.39 is 11.9 Å². The molecule has 7 nitrogen and oxygen atoms in total. The highest BCUT2D eigenvalue weighted by Crippen LogP contribution is 2.19. The van der Waals surface area contributed by atoms with Crippen LogP contribution < -0.4 is 10.6 Å². The monoisotopic (exact) mass is 394 g/mol. The molecule has 9 heteroatoms. The van der Waals surface area contributed by atoms with Crippen LogP contribution in [0.1, 0.15) is 23.4 Å². The SMILES string of the molecule is Cc1cc(CNC(=O)C[C@@H]2C(=O)NCCN2Cc2ccc(Cl)c(F)c2)on1. The maximum absolute atomic E-state index is 13.7. The van der Waals surface area contributed by atoms with Gasteiger partial charge in [-0.25, -0.2) is 4.39 Å². The van der Waals surface area contributed by atoms with Crippen LogP contribution in [0, 0.1) is 12.7 Å². The van der Waals surface area contributed by atoms with Crippen molar-refractivity contribution in [3.63, 3.8) is 0 Å². The molecular weight excluding hydrogens is 375 g/mol. The van der Waals surface area contributed by atoms with Gasteiger partial charge >= 0.3 is 0 Å². The molecule has 2 aromatic rings. The zero-order valence-corrected chi connectivity index (χ0v) is 15.6. The fourth-order valence-electron chi connectivity index (χ4n) is 2.98. The van der Waals surface area contributed by atoms with E-state index in [-0.39, 0.29) is 29.8 Å². The van der Waals surface area contributed by atoms with Crippen molar-refractivity contribution in [1.29, 1.82) is 0 Å². The summed E-state index contributed by atoms with van der Waals surface area (Å²) in [6.45, 7) is 3.38. The third kappa shape index (κ3) is 5.05. The number of aryl methyl sites for hydroxylation is 1. The normalized spacial score (nSPS) is 17.6. The average molecular weight is 395 g/mol. The number of hydrogen-bond donors (Lipinski definition) is 2. The van der Waals surface area contributed by atoms with Crippen molar-refractivity contribution < 1.29 is 18.5 Å². The molecule has 0 radical (unpaired) electrons. The van der Waals surface area contributed by atoms with Crippen LogP contribution in [0.15, 0.2) is 28.8 Å². The summed E-state index contributed by atoms with van der Waals surface area (Å²) in [4.78, 5) is 26.4. The first-order valence-electron chi connectivity index (χ1n) is 8.57. The van der Waals surface area contributed by atoms with Crippen LogP contribution in [0.5, 0.6) is 0 Å². The van der Waals surface area contributed by atoms with Gasteiger partial charge in [0.2, 0.25) is 11.8 Å². The van der Waals surface area contributed by atoms with Crippen molar-refractivity contribution in [3.8, 4) is 0 Å². The van der Waals surface area contributed by atoms with Gasteiger partial charge in [0, 0.05) is 25.7 Å². The lowest BCUT2D eigenvalue weighted by molar-refractivity contribution is -0.134. The minimum Gasteiger partial charge on any atom is -0.359 e. The quantitative estimate of drug-likeness (QED) is 0.779. The molecule has 1 aliphatic rings. The van der Waals surface area contributed by atoms with Crippen molar-refractivity contribution in [2.45, 2.75) is 32.5 Å². The van der Waals surface area contributed by atoms with E-state index in [2.05, 4.69) is 15.8 Å². The van der Waals surface area contributed by atoms with Crippen molar-refractivity contribution >= 4 is 23.4 Å². The summed E-state index contributed by atoms with van der Waals surface area (Å²) in [7, 11) is 0. The Morgan fingerprint density at radius 2 is 2.30 bits per heavy atom. The van der Waals surface area contributed by atoms with E-state index in [9.17, 15) is 14.0 Å². The summed E-state index contributed by atoms with van der Waals surface area (Å²) in [6, 6.07) is 5.64. The number of rotatable bonds is 6. The van der Waals surface area contributed by atoms with E-state index in [0.29, 0.717) is 31.0 Å². The molecule has 1 aliphatic heterocycles. The molecule has 2 amide bonds. The first-order valence-corrected chi connectivity index (χ1v) is 8.95. The molecular formula is C18H20ClFN4O3. The number of piperazine rings is 1. The van der Waals surface area contributed by atoms with Crippen LogP contribution >= 0.6 is 11.6 Å². The molecule has 0 saturated carbocycles. The van der Waals surface area contributed by atoms with E-state index in [1.54, 1.807) is 19.1 Å². The van der Waals surface area contributed by atoms with Gasteiger partial charge in [-0.1, -0.05) is 22.8 Å². The van der Waals surface area contributed by atoms with Crippen molar-refractivity contribution in [3.05, 3.63) is 52.1 Å². The Labute approximate surface area is 160 Å². The summed E-state index contributed by atoms with van der Waals surface area (Å²) < 4.78 is 18.7. The Balaban J connectivity index is 1.62. The van der Waals surface area contributed by atoms with Crippen molar-refractivity contribution in [2.75, 3.05) is 13.1 Å². The molecule has 0 bridgehead atoms. The number of halogens is 2. The molecule has 2 N–H and O–H groups in total. The van der Waals surface area contributed by atoms with E-state index in [1.807, 2.05) is 4.90 Å². The van der Waals surface area contributed by atoms with Gasteiger partial charge in [-0.3, -0.25) is 14.5 Å². The van der Waals surface area contributed by atoms with Crippen molar-refractivity contribution in [2.24, 2.45) is 0 Å². The van der Waals surface area contributed by atoms with Crippen LogP contribution in [0.2, 0.25) is 5.02 Å². The van der Waals surface area contributed by atoms with Gasteiger partial charge < -0.3 is 15.2 Å². The maximum atomic E-state index is 13.7. The Bertz CT molecular complexity index is 842. The Morgan fingerprint density at radius 1 is 1.48 bits per heavy atom. The van der Waals surface area contributed by atoms with Crippen LogP contribution in [0.4, 0.5) is 4.39 Å². The molecule has 3 rings (SSSR count). The highest BCUT2D eigenvalue weighted by atomic mass is 35.5. The second-order valence-corrected chi connectivity index (χ2v) is 6.85. The number of benzene rings is 1. The molecule has 2 heterocycles. The minimum absolute atomic E-state index is 0.00494. The number of carbonyl (C=O) groups is 2. The van der Waals surface area contributed by atoms with Crippen LogP contribution in [-0.2, 0) is 22.7 Å². The number of nitrogens with zero attached hydrogens (tertiary/aromatic N) is 2. The lowest BCUT2D eigenvalue weighted by Crippen LogP contribution is -2.56. The van der Waals surface area contributed by atoms with Gasteiger partial charge in [0.25, 0.3) is 0 Å². The number of carbonyl (C=O) groups excluding carboxylic acids is 2. The largest absolute Gasteiger partial charge is 0.359 e. The molecule has 0 unspecified atom stereocenters. The van der Waals surface area contributed by atoms with E-state index in [1.165, 1.54) is 12.1 Å². The smallest absolute Gasteiger partial charge is 0.237 e. The number of hydrogen-bond acceptors (Lipinski definition) is 5. The number of nitrogens with one attached hydrogen (secondary N) is 2.